The normalized spacial score (nSPS) is 11.9. The lowest BCUT2D eigenvalue weighted by atomic mass is 10.2. The Morgan fingerprint density at radius 1 is 1.35 bits per heavy atom. The third kappa shape index (κ3) is 3.39. The molecule has 0 spiro atoms. The number of hydrogen-bond donors (Lipinski definition) is 2. The number of halogens is 2. The van der Waals surface area contributed by atoms with E-state index in [1.54, 1.807) is 29.6 Å². The highest BCUT2D eigenvalue weighted by molar-refractivity contribution is 9.10. The lowest BCUT2D eigenvalue weighted by Crippen LogP contribution is -2.33. The van der Waals surface area contributed by atoms with E-state index in [4.69, 9.17) is 11.6 Å². The van der Waals surface area contributed by atoms with Crippen molar-refractivity contribution >= 4 is 50.7 Å². The minimum atomic E-state index is -1.12. The SMILES string of the molecule is O=C(NC(C(=O)O)c1cccs1)c1ccc(Br)cc1Cl. The van der Waals surface area contributed by atoms with E-state index in [1.165, 1.54) is 17.4 Å². The number of carboxylic acids is 1. The van der Waals surface area contributed by atoms with Crippen LogP contribution >= 0.6 is 38.9 Å². The number of hydrogen-bond acceptors (Lipinski definition) is 3. The van der Waals surface area contributed by atoms with Gasteiger partial charge >= 0.3 is 5.97 Å². The van der Waals surface area contributed by atoms with Crippen LogP contribution in [-0.4, -0.2) is 17.0 Å². The van der Waals surface area contributed by atoms with Gasteiger partial charge in [-0.25, -0.2) is 4.79 Å². The minimum absolute atomic E-state index is 0.234. The molecule has 0 aliphatic rings. The maximum atomic E-state index is 12.1. The van der Waals surface area contributed by atoms with Crippen LogP contribution in [-0.2, 0) is 4.79 Å². The van der Waals surface area contributed by atoms with Gasteiger partial charge in [-0.05, 0) is 29.6 Å². The van der Waals surface area contributed by atoms with Crippen LogP contribution < -0.4 is 5.32 Å². The molecule has 104 valence electrons. The molecule has 1 aromatic heterocycles. The zero-order valence-electron chi connectivity index (χ0n) is 9.97. The average molecular weight is 375 g/mol. The summed E-state index contributed by atoms with van der Waals surface area (Å²) in [5.41, 5.74) is 0.234. The molecular weight excluding hydrogens is 366 g/mol. The van der Waals surface area contributed by atoms with Gasteiger partial charge in [0.1, 0.15) is 0 Å². The molecule has 4 nitrogen and oxygen atoms in total. The Hall–Kier alpha value is -1.37. The molecule has 1 aromatic carbocycles. The molecule has 1 atom stereocenters. The molecule has 0 saturated heterocycles. The highest BCUT2D eigenvalue weighted by atomic mass is 79.9. The van der Waals surface area contributed by atoms with Gasteiger partial charge in [0.05, 0.1) is 10.6 Å². The number of thiophene rings is 1. The third-order valence-electron chi connectivity index (χ3n) is 2.53. The number of carbonyl (C=O) groups is 2. The first-order chi connectivity index (χ1) is 9.49. The number of carbonyl (C=O) groups excluding carboxylic acids is 1. The first-order valence-electron chi connectivity index (χ1n) is 5.51. The summed E-state index contributed by atoms with van der Waals surface area (Å²) in [6.45, 7) is 0. The average Bonchev–Trinajstić information content (AvgIpc) is 2.88. The standard InChI is InChI=1S/C13H9BrClNO3S/c14-7-3-4-8(9(15)6-7)12(17)16-11(13(18)19)10-2-1-5-20-10/h1-6,11H,(H,16,17)(H,18,19). The lowest BCUT2D eigenvalue weighted by molar-refractivity contribution is -0.139. The first kappa shape index (κ1) is 15.0. The summed E-state index contributed by atoms with van der Waals surface area (Å²) in [4.78, 5) is 23.9. The summed E-state index contributed by atoms with van der Waals surface area (Å²) in [7, 11) is 0. The Kier molecular flexibility index (Phi) is 4.80. The van der Waals surface area contributed by atoms with Crippen LogP contribution in [0.25, 0.3) is 0 Å². The van der Waals surface area contributed by atoms with Gasteiger partial charge in [0.2, 0.25) is 0 Å². The van der Waals surface area contributed by atoms with Crippen molar-refractivity contribution in [1.82, 2.24) is 5.32 Å². The van der Waals surface area contributed by atoms with Gasteiger partial charge in [-0.2, -0.15) is 0 Å². The second kappa shape index (κ2) is 6.39. The van der Waals surface area contributed by atoms with Crippen LogP contribution in [0.2, 0.25) is 5.02 Å². The van der Waals surface area contributed by atoms with Gasteiger partial charge < -0.3 is 10.4 Å². The summed E-state index contributed by atoms with van der Waals surface area (Å²) in [5.74, 6) is -1.64. The van der Waals surface area contributed by atoms with E-state index < -0.39 is 17.9 Å². The summed E-state index contributed by atoms with van der Waals surface area (Å²) < 4.78 is 0.743. The van der Waals surface area contributed by atoms with Crippen molar-refractivity contribution in [1.29, 1.82) is 0 Å². The molecule has 1 unspecified atom stereocenters. The van der Waals surface area contributed by atoms with Gasteiger partial charge in [-0.3, -0.25) is 4.79 Å². The quantitative estimate of drug-likeness (QED) is 0.857. The molecule has 2 N–H and O–H groups in total. The van der Waals surface area contributed by atoms with Crippen LogP contribution in [0.5, 0.6) is 0 Å². The van der Waals surface area contributed by atoms with Gasteiger partial charge in [0.15, 0.2) is 6.04 Å². The summed E-state index contributed by atoms with van der Waals surface area (Å²) >= 11 is 10.5. The summed E-state index contributed by atoms with van der Waals surface area (Å²) in [5, 5.41) is 13.7. The molecule has 1 amide bonds. The second-order valence-corrected chi connectivity index (χ2v) is 6.19. The van der Waals surface area contributed by atoms with Gasteiger partial charge in [0, 0.05) is 9.35 Å². The Bertz CT molecular complexity index is 645. The smallest absolute Gasteiger partial charge is 0.331 e. The highest BCUT2D eigenvalue weighted by Crippen LogP contribution is 2.23. The zero-order valence-corrected chi connectivity index (χ0v) is 13.1. The third-order valence-corrected chi connectivity index (χ3v) is 4.27. The number of carboxylic acid groups (broad SMARTS) is 1. The molecule has 0 bridgehead atoms. The van der Waals surface area contributed by atoms with Gasteiger partial charge in [-0.1, -0.05) is 33.6 Å². The number of aliphatic carboxylic acids is 1. The molecule has 0 saturated carbocycles. The number of rotatable bonds is 4. The number of benzene rings is 1. The van der Waals surface area contributed by atoms with E-state index in [-0.39, 0.29) is 10.6 Å². The molecule has 20 heavy (non-hydrogen) atoms. The van der Waals surface area contributed by atoms with Crippen LogP contribution in [0.15, 0.2) is 40.2 Å². The molecule has 7 heteroatoms. The van der Waals surface area contributed by atoms with Crippen molar-refractivity contribution < 1.29 is 14.7 Å². The van der Waals surface area contributed by atoms with Crippen molar-refractivity contribution in [2.45, 2.75) is 6.04 Å². The van der Waals surface area contributed by atoms with Crippen LogP contribution in [0.4, 0.5) is 0 Å². The Morgan fingerprint density at radius 2 is 2.10 bits per heavy atom. The van der Waals surface area contributed by atoms with E-state index in [0.29, 0.717) is 4.88 Å². The molecule has 0 aliphatic heterocycles. The van der Waals surface area contributed by atoms with Crippen LogP contribution in [0.1, 0.15) is 21.3 Å². The topological polar surface area (TPSA) is 66.4 Å². The second-order valence-electron chi connectivity index (χ2n) is 3.88. The fourth-order valence-electron chi connectivity index (χ4n) is 1.59. The maximum Gasteiger partial charge on any atom is 0.331 e. The number of amides is 1. The van der Waals surface area contributed by atoms with E-state index in [2.05, 4.69) is 21.2 Å². The van der Waals surface area contributed by atoms with Crippen molar-refractivity contribution in [3.8, 4) is 0 Å². The van der Waals surface area contributed by atoms with E-state index in [9.17, 15) is 14.7 Å². The largest absolute Gasteiger partial charge is 0.479 e. The predicted octanol–water partition coefficient (Wildman–Crippen LogP) is 3.72. The predicted molar refractivity (Wildman–Crippen MR) is 81.3 cm³/mol. The minimum Gasteiger partial charge on any atom is -0.479 e. The van der Waals surface area contributed by atoms with E-state index in [1.807, 2.05) is 0 Å². The fraction of sp³-hybridized carbons (Fsp3) is 0.0769. The van der Waals surface area contributed by atoms with Crippen molar-refractivity contribution in [3.63, 3.8) is 0 Å². The molecule has 2 rings (SSSR count). The zero-order chi connectivity index (χ0) is 14.7. The molecule has 1 heterocycles. The van der Waals surface area contributed by atoms with Crippen LogP contribution in [0, 0.1) is 0 Å². The Balaban J connectivity index is 2.23. The lowest BCUT2D eigenvalue weighted by Gasteiger charge is -2.13. The van der Waals surface area contributed by atoms with Crippen molar-refractivity contribution in [3.05, 3.63) is 55.6 Å². The van der Waals surface area contributed by atoms with E-state index in [0.717, 1.165) is 4.47 Å². The van der Waals surface area contributed by atoms with Gasteiger partial charge in [0.25, 0.3) is 5.91 Å². The number of nitrogens with one attached hydrogen (secondary N) is 1. The molecule has 2 aromatic rings. The fourth-order valence-corrected chi connectivity index (χ4v) is 3.12. The van der Waals surface area contributed by atoms with Crippen molar-refractivity contribution in [2.24, 2.45) is 0 Å². The summed E-state index contributed by atoms with van der Waals surface area (Å²) in [6.07, 6.45) is 0. The molecule has 0 aliphatic carbocycles. The van der Waals surface area contributed by atoms with Crippen LogP contribution in [0.3, 0.4) is 0 Å². The summed E-state index contributed by atoms with van der Waals surface area (Å²) in [6, 6.07) is 7.10. The molecule has 0 fully saturated rings. The Morgan fingerprint density at radius 3 is 2.65 bits per heavy atom. The van der Waals surface area contributed by atoms with Crippen molar-refractivity contribution in [2.75, 3.05) is 0 Å². The monoisotopic (exact) mass is 373 g/mol. The maximum absolute atomic E-state index is 12.1. The molecule has 0 radical (unpaired) electrons. The van der Waals surface area contributed by atoms with Gasteiger partial charge in [-0.15, -0.1) is 11.3 Å². The molecular formula is C13H9BrClNO3S. The first-order valence-corrected chi connectivity index (χ1v) is 7.56. The Labute approximate surface area is 132 Å². The van der Waals surface area contributed by atoms with E-state index >= 15 is 0 Å². The highest BCUT2D eigenvalue weighted by Gasteiger charge is 2.24.